The van der Waals surface area contributed by atoms with Gasteiger partial charge in [0, 0.05) is 5.56 Å². The van der Waals surface area contributed by atoms with Gasteiger partial charge in [-0.05, 0) is 36.9 Å². The molecule has 15 heteroatoms. The highest BCUT2D eigenvalue weighted by atomic mass is 32.2. The highest BCUT2D eigenvalue weighted by molar-refractivity contribution is 8.04. The molecule has 0 radical (unpaired) electrons. The summed E-state index contributed by atoms with van der Waals surface area (Å²) in [4.78, 5) is 23.3. The minimum atomic E-state index is -5.51. The van der Waals surface area contributed by atoms with Crippen LogP contribution in [-0.2, 0) is 9.59 Å². The molecule has 1 aromatic carbocycles. The van der Waals surface area contributed by atoms with Crippen LogP contribution in [0.5, 0.6) is 11.5 Å². The van der Waals surface area contributed by atoms with E-state index in [-0.39, 0.29) is 39.7 Å². The van der Waals surface area contributed by atoms with Gasteiger partial charge in [-0.2, -0.15) is 26.3 Å². The number of allylic oxidation sites excluding steroid dienone is 1. The molecule has 172 valence electrons. The van der Waals surface area contributed by atoms with Crippen LogP contribution < -0.4 is 14.5 Å². The molecule has 0 aliphatic carbocycles. The van der Waals surface area contributed by atoms with Crippen LogP contribution in [-0.4, -0.2) is 53.1 Å². The monoisotopic (exact) mass is 482 g/mol. The molecule has 0 N–H and O–H groups in total. The number of ketones is 1. The van der Waals surface area contributed by atoms with Crippen LogP contribution >= 0.6 is 11.8 Å². The van der Waals surface area contributed by atoms with Crippen molar-refractivity contribution < 1.29 is 45.4 Å². The van der Waals surface area contributed by atoms with E-state index in [0.29, 0.717) is 4.68 Å². The quantitative estimate of drug-likeness (QED) is 0.619. The van der Waals surface area contributed by atoms with Gasteiger partial charge in [0.2, 0.25) is 5.16 Å². The third-order valence-electron chi connectivity index (χ3n) is 4.14. The minimum absolute atomic E-state index is 0.0630. The van der Waals surface area contributed by atoms with Crippen molar-refractivity contribution in [3.63, 3.8) is 0 Å². The number of halogens is 6. The van der Waals surface area contributed by atoms with E-state index in [9.17, 15) is 35.9 Å². The zero-order valence-electron chi connectivity index (χ0n) is 16.3. The standard InChI is InChI=1S/C17H12F6N4O4S/c1-7-24-25-15-26(7)27(14(29)17(21,22)23)11(12(32-15)13(28)16(18,19)20)8-4-5-9(30-2)10(6-8)31-3/h4-6H,1-3H3. The number of aryl methyl sites for hydroxylation is 1. The average molecular weight is 482 g/mol. The van der Waals surface area contributed by atoms with E-state index in [2.05, 4.69) is 10.2 Å². The van der Waals surface area contributed by atoms with Crippen LogP contribution in [0, 0.1) is 6.92 Å². The summed E-state index contributed by atoms with van der Waals surface area (Å²) in [5.74, 6) is -5.20. The summed E-state index contributed by atoms with van der Waals surface area (Å²) in [6.45, 7) is 1.19. The molecule has 1 aromatic heterocycles. The number of methoxy groups -OCH3 is 2. The van der Waals surface area contributed by atoms with Gasteiger partial charge in [-0.3, -0.25) is 9.59 Å². The molecule has 8 nitrogen and oxygen atoms in total. The number of amides is 1. The molecule has 0 bridgehead atoms. The Morgan fingerprint density at radius 2 is 1.59 bits per heavy atom. The first kappa shape index (κ1) is 23.4. The van der Waals surface area contributed by atoms with Crippen LogP contribution in [0.4, 0.5) is 26.3 Å². The molecule has 0 unspecified atom stereocenters. The molecule has 2 aromatic rings. The van der Waals surface area contributed by atoms with Crippen molar-refractivity contribution in [2.24, 2.45) is 0 Å². The van der Waals surface area contributed by atoms with Crippen molar-refractivity contribution >= 4 is 29.1 Å². The summed E-state index contributed by atoms with van der Waals surface area (Å²) in [6, 6.07) is 3.33. The van der Waals surface area contributed by atoms with E-state index in [4.69, 9.17) is 9.47 Å². The predicted octanol–water partition coefficient (Wildman–Crippen LogP) is 3.24. The van der Waals surface area contributed by atoms with Gasteiger partial charge in [0.25, 0.3) is 5.78 Å². The van der Waals surface area contributed by atoms with E-state index < -0.39 is 39.8 Å². The van der Waals surface area contributed by atoms with Gasteiger partial charge in [0.05, 0.1) is 24.8 Å². The molecule has 1 amide bonds. The molecule has 3 rings (SSSR count). The lowest BCUT2D eigenvalue weighted by Gasteiger charge is -2.33. The lowest BCUT2D eigenvalue weighted by atomic mass is 10.1. The summed E-state index contributed by atoms with van der Waals surface area (Å²) < 4.78 is 91.0. The Balaban J connectivity index is 2.39. The molecular weight excluding hydrogens is 470 g/mol. The van der Waals surface area contributed by atoms with E-state index in [1.165, 1.54) is 27.2 Å². The summed E-state index contributed by atoms with van der Waals surface area (Å²) >= 11 is 0.137. The fourth-order valence-corrected chi connectivity index (χ4v) is 3.87. The van der Waals surface area contributed by atoms with Crippen LogP contribution in [0.25, 0.3) is 5.70 Å². The number of thioether (sulfide) groups is 1. The average Bonchev–Trinajstić information content (AvgIpc) is 3.09. The number of ether oxygens (including phenoxy) is 2. The van der Waals surface area contributed by atoms with Gasteiger partial charge in [-0.25, -0.2) is 9.69 Å². The number of carbonyl (C=O) groups is 2. The van der Waals surface area contributed by atoms with Crippen molar-refractivity contribution in [1.29, 1.82) is 0 Å². The molecule has 1 aliphatic rings. The molecule has 0 fully saturated rings. The smallest absolute Gasteiger partial charge is 0.473 e. The predicted molar refractivity (Wildman–Crippen MR) is 97.4 cm³/mol. The number of hydrogen-bond donors (Lipinski definition) is 0. The molecule has 2 heterocycles. The fourth-order valence-electron chi connectivity index (χ4n) is 2.80. The molecule has 0 saturated carbocycles. The van der Waals surface area contributed by atoms with Gasteiger partial charge in [-0.1, -0.05) is 0 Å². The largest absolute Gasteiger partial charge is 0.493 e. The number of benzene rings is 1. The summed E-state index contributed by atoms with van der Waals surface area (Å²) in [7, 11) is 2.45. The van der Waals surface area contributed by atoms with Gasteiger partial charge < -0.3 is 9.47 Å². The second kappa shape index (κ2) is 8.03. The maximum Gasteiger partial charge on any atom is 0.473 e. The van der Waals surface area contributed by atoms with Crippen molar-refractivity contribution in [3.05, 3.63) is 34.5 Å². The Labute approximate surface area is 179 Å². The Morgan fingerprint density at radius 3 is 2.12 bits per heavy atom. The normalized spacial score (nSPS) is 14.3. The van der Waals surface area contributed by atoms with Gasteiger partial charge >= 0.3 is 18.3 Å². The second-order valence-electron chi connectivity index (χ2n) is 6.13. The Morgan fingerprint density at radius 1 is 0.969 bits per heavy atom. The lowest BCUT2D eigenvalue weighted by molar-refractivity contribution is -0.171. The number of Topliss-reactive ketones (excluding diaryl/α,β-unsaturated/α-hetero) is 1. The molecule has 1 aliphatic heterocycles. The molecular formula is C17H12F6N4O4S. The van der Waals surface area contributed by atoms with E-state index >= 15 is 0 Å². The number of rotatable bonds is 4. The second-order valence-corrected chi connectivity index (χ2v) is 7.11. The van der Waals surface area contributed by atoms with Crippen LogP contribution in [0.15, 0.2) is 28.3 Å². The Bertz CT molecular complexity index is 1130. The highest BCUT2D eigenvalue weighted by Crippen LogP contribution is 2.44. The van der Waals surface area contributed by atoms with Crippen molar-refractivity contribution in [2.75, 3.05) is 19.2 Å². The summed E-state index contributed by atoms with van der Waals surface area (Å²) in [5, 5.41) is 6.39. The highest BCUT2D eigenvalue weighted by Gasteiger charge is 2.51. The number of carbonyl (C=O) groups excluding carboxylic acids is 2. The van der Waals surface area contributed by atoms with Crippen LogP contribution in [0.2, 0.25) is 0 Å². The molecule has 0 atom stereocenters. The zero-order valence-corrected chi connectivity index (χ0v) is 17.1. The lowest BCUT2D eigenvalue weighted by Crippen LogP contribution is -2.49. The summed E-state index contributed by atoms with van der Waals surface area (Å²) in [5.41, 5.74) is -1.31. The SMILES string of the molecule is COc1ccc(C2=C(C(=O)C(F)(F)F)Sc3nnc(C)n3N2C(=O)C(F)(F)F)cc1OC. The van der Waals surface area contributed by atoms with Crippen molar-refractivity contribution in [2.45, 2.75) is 24.4 Å². The van der Waals surface area contributed by atoms with Crippen molar-refractivity contribution in [3.8, 4) is 11.5 Å². The molecule has 0 spiro atoms. The Kier molecular flexibility index (Phi) is 5.88. The first-order chi connectivity index (χ1) is 14.8. The number of nitrogens with zero attached hydrogens (tertiary/aromatic N) is 4. The van der Waals surface area contributed by atoms with Crippen LogP contribution in [0.3, 0.4) is 0 Å². The third-order valence-corrected chi connectivity index (χ3v) is 5.16. The van der Waals surface area contributed by atoms with Gasteiger partial charge in [0.15, 0.2) is 17.3 Å². The molecule has 0 saturated heterocycles. The number of alkyl halides is 6. The minimum Gasteiger partial charge on any atom is -0.493 e. The summed E-state index contributed by atoms with van der Waals surface area (Å²) in [6.07, 6.45) is -11.0. The molecule has 32 heavy (non-hydrogen) atoms. The van der Waals surface area contributed by atoms with Crippen LogP contribution in [0.1, 0.15) is 11.4 Å². The first-order valence-electron chi connectivity index (χ1n) is 8.40. The van der Waals surface area contributed by atoms with E-state index in [1.54, 1.807) is 0 Å². The number of aromatic nitrogens is 3. The maximum absolute atomic E-state index is 13.5. The number of hydrogen-bond acceptors (Lipinski definition) is 7. The zero-order chi connectivity index (χ0) is 24.0. The van der Waals surface area contributed by atoms with E-state index in [0.717, 1.165) is 12.1 Å². The van der Waals surface area contributed by atoms with Gasteiger partial charge in [0.1, 0.15) is 0 Å². The fraction of sp³-hybridized carbons (Fsp3) is 0.294. The van der Waals surface area contributed by atoms with Crippen molar-refractivity contribution in [1.82, 2.24) is 14.9 Å². The topological polar surface area (TPSA) is 86.5 Å². The maximum atomic E-state index is 13.5. The van der Waals surface area contributed by atoms with E-state index in [1.807, 2.05) is 0 Å². The third kappa shape index (κ3) is 3.99. The van der Waals surface area contributed by atoms with Gasteiger partial charge in [-0.15, -0.1) is 10.2 Å². The first-order valence-corrected chi connectivity index (χ1v) is 9.22. The number of fused-ring (bicyclic) bond motifs is 1. The Hall–Kier alpha value is -3.23.